The number of hydrogen-bond acceptors (Lipinski definition) is 5. The van der Waals surface area contributed by atoms with Crippen LogP contribution in [0.15, 0.2) is 77.7 Å². The average Bonchev–Trinajstić information content (AvgIpc) is 2.86. The first-order valence-corrected chi connectivity index (χ1v) is 12.3. The lowest BCUT2D eigenvalue weighted by Gasteiger charge is -2.30. The molecular weight excluding hydrogens is 440 g/mol. The summed E-state index contributed by atoms with van der Waals surface area (Å²) in [5.74, 6) is 0.918. The van der Waals surface area contributed by atoms with E-state index < -0.39 is 10.0 Å². The second-order valence-corrected chi connectivity index (χ2v) is 9.79. The highest BCUT2D eigenvalue weighted by atomic mass is 32.2. The number of benzene rings is 3. The second kappa shape index (κ2) is 8.78. The van der Waals surface area contributed by atoms with Gasteiger partial charge in [-0.1, -0.05) is 30.3 Å². The van der Waals surface area contributed by atoms with Crippen LogP contribution in [0.25, 0.3) is 0 Å². The molecule has 1 amide bonds. The molecule has 3 aromatic carbocycles. The topological polar surface area (TPSA) is 76.2 Å². The number of carbonyl (C=O) groups is 1. The van der Waals surface area contributed by atoms with Gasteiger partial charge < -0.3 is 14.4 Å². The van der Waals surface area contributed by atoms with E-state index in [1.54, 1.807) is 17.0 Å². The maximum atomic E-state index is 13.3. The molecule has 170 valence electrons. The molecule has 0 unspecified atom stereocenters. The van der Waals surface area contributed by atoms with Crippen LogP contribution in [0.2, 0.25) is 0 Å². The van der Waals surface area contributed by atoms with E-state index in [1.807, 2.05) is 48.5 Å². The van der Waals surface area contributed by atoms with E-state index in [0.29, 0.717) is 31.2 Å². The monoisotopic (exact) mass is 464 g/mol. The minimum Gasteiger partial charge on any atom is -0.490 e. The first-order chi connectivity index (χ1) is 16.0. The number of hydrogen-bond donors (Lipinski definition) is 0. The van der Waals surface area contributed by atoms with E-state index in [4.69, 9.17) is 9.47 Å². The summed E-state index contributed by atoms with van der Waals surface area (Å²) in [6.45, 7) is 1.18. The normalized spacial score (nSPS) is 15.3. The van der Waals surface area contributed by atoms with Gasteiger partial charge in [-0.2, -0.15) is 0 Å². The van der Waals surface area contributed by atoms with Gasteiger partial charge in [0.25, 0.3) is 15.9 Å². The van der Waals surface area contributed by atoms with Crippen molar-refractivity contribution < 1.29 is 22.7 Å². The van der Waals surface area contributed by atoms with Crippen LogP contribution in [0.3, 0.4) is 0 Å². The number of nitrogens with zero attached hydrogens (tertiary/aromatic N) is 2. The second-order valence-electron chi connectivity index (χ2n) is 7.93. The highest BCUT2D eigenvalue weighted by Crippen LogP contribution is 2.33. The van der Waals surface area contributed by atoms with Gasteiger partial charge in [-0.05, 0) is 60.9 Å². The lowest BCUT2D eigenvalue weighted by molar-refractivity contribution is -0.120. The van der Waals surface area contributed by atoms with Gasteiger partial charge in [-0.25, -0.2) is 8.42 Å². The molecule has 2 aliphatic heterocycles. The summed E-state index contributed by atoms with van der Waals surface area (Å²) in [5, 5.41) is 0. The smallest absolute Gasteiger partial charge is 0.265 e. The Morgan fingerprint density at radius 3 is 2.45 bits per heavy atom. The van der Waals surface area contributed by atoms with Gasteiger partial charge in [0, 0.05) is 6.54 Å². The van der Waals surface area contributed by atoms with Crippen LogP contribution in [-0.4, -0.2) is 40.6 Å². The van der Waals surface area contributed by atoms with Crippen LogP contribution in [0.5, 0.6) is 11.5 Å². The van der Waals surface area contributed by atoms with Crippen LogP contribution in [0, 0.1) is 0 Å². The predicted octanol–water partition coefficient (Wildman–Crippen LogP) is 3.63. The van der Waals surface area contributed by atoms with Gasteiger partial charge in [0.2, 0.25) is 0 Å². The van der Waals surface area contributed by atoms with Crippen molar-refractivity contribution in [2.45, 2.75) is 17.7 Å². The number of sulfonamides is 1. The van der Waals surface area contributed by atoms with Gasteiger partial charge in [-0.15, -0.1) is 0 Å². The lowest BCUT2D eigenvalue weighted by Crippen LogP contribution is -2.40. The number of amides is 1. The maximum Gasteiger partial charge on any atom is 0.265 e. The Hall–Kier alpha value is -3.52. The molecule has 7 nitrogen and oxygen atoms in total. The largest absolute Gasteiger partial charge is 0.490 e. The fraction of sp³-hybridized carbons (Fsp3) is 0.240. The zero-order chi connectivity index (χ0) is 22.8. The molecule has 0 N–H and O–H groups in total. The van der Waals surface area contributed by atoms with Crippen LogP contribution in [-0.2, 0) is 21.2 Å². The molecule has 0 radical (unpaired) electrons. The van der Waals surface area contributed by atoms with Crippen LogP contribution >= 0.6 is 0 Å². The number of fused-ring (bicyclic) bond motifs is 2. The molecule has 0 saturated carbocycles. The van der Waals surface area contributed by atoms with Crippen molar-refractivity contribution in [1.29, 1.82) is 0 Å². The van der Waals surface area contributed by atoms with Gasteiger partial charge in [0.05, 0.1) is 22.8 Å². The van der Waals surface area contributed by atoms with Gasteiger partial charge in [-0.3, -0.25) is 9.10 Å². The van der Waals surface area contributed by atoms with Crippen LogP contribution < -0.4 is 18.7 Å². The molecule has 0 atom stereocenters. The van der Waals surface area contributed by atoms with Crippen molar-refractivity contribution in [2.24, 2.45) is 0 Å². The molecule has 2 aliphatic rings. The third kappa shape index (κ3) is 4.14. The minimum atomic E-state index is -3.69. The molecule has 3 aromatic rings. The summed E-state index contributed by atoms with van der Waals surface area (Å²) in [6.07, 6.45) is 1.65. The molecule has 0 bridgehead atoms. The van der Waals surface area contributed by atoms with Gasteiger partial charge in [0.1, 0.15) is 18.1 Å². The number of aryl methyl sites for hydroxylation is 1. The lowest BCUT2D eigenvalue weighted by atomic mass is 10.0. The fourth-order valence-electron chi connectivity index (χ4n) is 4.24. The summed E-state index contributed by atoms with van der Waals surface area (Å²) >= 11 is 0. The molecule has 5 rings (SSSR count). The summed E-state index contributed by atoms with van der Waals surface area (Å²) in [4.78, 5) is 14.6. The quantitative estimate of drug-likeness (QED) is 0.576. The number of para-hydroxylation sites is 3. The molecule has 0 saturated heterocycles. The van der Waals surface area contributed by atoms with Crippen molar-refractivity contribution in [3.05, 3.63) is 78.4 Å². The van der Waals surface area contributed by atoms with Crippen LogP contribution in [0.1, 0.15) is 12.0 Å². The van der Waals surface area contributed by atoms with Crippen molar-refractivity contribution in [2.75, 3.05) is 35.5 Å². The SMILES string of the molecule is O=C(COc1ccc(S(=O)(=O)N2CCCc3ccccc32)cc1)N1CCOc2ccccc21. The molecule has 0 spiro atoms. The zero-order valence-corrected chi connectivity index (χ0v) is 18.8. The van der Waals surface area contributed by atoms with Gasteiger partial charge >= 0.3 is 0 Å². The molecule has 0 fully saturated rings. The summed E-state index contributed by atoms with van der Waals surface area (Å²) < 4.78 is 39.3. The highest BCUT2D eigenvalue weighted by molar-refractivity contribution is 7.92. The van der Waals surface area contributed by atoms with Crippen molar-refractivity contribution >= 4 is 27.3 Å². The first kappa shape index (κ1) is 21.3. The summed E-state index contributed by atoms with van der Waals surface area (Å²) in [5.41, 5.74) is 2.50. The Balaban J connectivity index is 1.28. The van der Waals surface area contributed by atoms with Crippen molar-refractivity contribution in [3.8, 4) is 11.5 Å². The average molecular weight is 465 g/mol. The maximum absolute atomic E-state index is 13.3. The Labute approximate surface area is 193 Å². The Morgan fingerprint density at radius 1 is 0.909 bits per heavy atom. The Morgan fingerprint density at radius 2 is 1.64 bits per heavy atom. The van der Waals surface area contributed by atoms with E-state index in [1.165, 1.54) is 16.4 Å². The minimum absolute atomic E-state index is 0.153. The van der Waals surface area contributed by atoms with Crippen molar-refractivity contribution in [1.82, 2.24) is 0 Å². The number of ether oxygens (including phenoxy) is 2. The first-order valence-electron chi connectivity index (χ1n) is 10.9. The molecule has 2 heterocycles. The molecular formula is C25H24N2O5S. The number of anilines is 2. The predicted molar refractivity (Wildman–Crippen MR) is 126 cm³/mol. The van der Waals surface area contributed by atoms with E-state index in [0.717, 1.165) is 29.8 Å². The third-order valence-electron chi connectivity index (χ3n) is 5.87. The standard InChI is InChI=1S/C25H24N2O5S/c28-25(26-16-17-31-24-10-4-3-9-23(24)26)18-32-20-11-13-21(14-12-20)33(29,30)27-15-5-7-19-6-1-2-8-22(19)27/h1-4,6,8-14H,5,7,15-18H2. The number of rotatable bonds is 5. The molecule has 0 aliphatic carbocycles. The highest BCUT2D eigenvalue weighted by Gasteiger charge is 2.29. The molecule has 33 heavy (non-hydrogen) atoms. The fourth-order valence-corrected chi connectivity index (χ4v) is 5.78. The number of carbonyl (C=O) groups excluding carboxylic acids is 1. The Kier molecular flexibility index (Phi) is 5.68. The Bertz CT molecular complexity index is 1270. The van der Waals surface area contributed by atoms with E-state index in [9.17, 15) is 13.2 Å². The van der Waals surface area contributed by atoms with Gasteiger partial charge in [0.15, 0.2) is 6.61 Å². The van der Waals surface area contributed by atoms with Crippen molar-refractivity contribution in [3.63, 3.8) is 0 Å². The molecule has 0 aromatic heterocycles. The van der Waals surface area contributed by atoms with E-state index >= 15 is 0 Å². The summed E-state index contributed by atoms with van der Waals surface area (Å²) in [6, 6.07) is 21.2. The van der Waals surface area contributed by atoms with E-state index in [2.05, 4.69) is 0 Å². The van der Waals surface area contributed by atoms with E-state index in [-0.39, 0.29) is 17.4 Å². The third-order valence-corrected chi connectivity index (χ3v) is 7.70. The summed E-state index contributed by atoms with van der Waals surface area (Å²) in [7, 11) is -3.69. The van der Waals surface area contributed by atoms with Crippen LogP contribution in [0.4, 0.5) is 11.4 Å². The molecule has 8 heteroatoms. The zero-order valence-electron chi connectivity index (χ0n) is 18.0.